The average Bonchev–Trinajstić information content (AvgIpc) is 3.60. The molecule has 0 saturated heterocycles. The van der Waals surface area contributed by atoms with Gasteiger partial charge < -0.3 is 15.3 Å². The largest absolute Gasteiger partial charge is 0.355 e. The lowest BCUT2D eigenvalue weighted by molar-refractivity contribution is 0.100. The zero-order chi connectivity index (χ0) is 22.2. The molecule has 33 heavy (non-hydrogen) atoms. The van der Waals surface area contributed by atoms with E-state index in [-0.39, 0.29) is 5.91 Å². The van der Waals surface area contributed by atoms with Gasteiger partial charge in [-0.2, -0.15) is 0 Å². The molecule has 6 nitrogen and oxygen atoms in total. The van der Waals surface area contributed by atoms with E-state index >= 15 is 0 Å². The summed E-state index contributed by atoms with van der Waals surface area (Å²) in [5.74, 6) is -0.287. The summed E-state index contributed by atoms with van der Waals surface area (Å²) in [6.07, 6.45) is 13.7. The van der Waals surface area contributed by atoms with Crippen molar-refractivity contribution in [1.82, 2.24) is 15.3 Å². The molecular formula is C27H19N5O. The van der Waals surface area contributed by atoms with Gasteiger partial charge in [0.2, 0.25) is 0 Å². The molecule has 8 bridgehead atoms. The quantitative estimate of drug-likeness (QED) is 0.556. The van der Waals surface area contributed by atoms with E-state index in [0.717, 1.165) is 44.9 Å². The summed E-state index contributed by atoms with van der Waals surface area (Å²) in [5.41, 5.74) is 6.29. The second kappa shape index (κ2) is 7.76. The van der Waals surface area contributed by atoms with Crippen LogP contribution in [0.1, 0.15) is 21.7 Å². The fourth-order valence-electron chi connectivity index (χ4n) is 3.91. The average molecular weight is 429 g/mol. The summed E-state index contributed by atoms with van der Waals surface area (Å²) in [6.45, 7) is 0. The Bertz CT molecular complexity index is 1590. The Labute approximate surface area is 189 Å². The third kappa shape index (κ3) is 3.97. The van der Waals surface area contributed by atoms with Crippen LogP contribution in [0.25, 0.3) is 18.2 Å². The van der Waals surface area contributed by atoms with Gasteiger partial charge in [-0.15, -0.1) is 0 Å². The number of aliphatic imine (C=N–C) groups is 2. The number of fused-ring (bicyclic) bond motifs is 7. The van der Waals surface area contributed by atoms with Gasteiger partial charge in [-0.05, 0) is 78.9 Å². The van der Waals surface area contributed by atoms with Crippen LogP contribution in [0.3, 0.4) is 0 Å². The number of benzene rings is 1. The summed E-state index contributed by atoms with van der Waals surface area (Å²) in [7, 11) is 0. The van der Waals surface area contributed by atoms with Crippen molar-refractivity contribution in [3.05, 3.63) is 124 Å². The molecule has 0 spiro atoms. The third-order valence-corrected chi connectivity index (χ3v) is 5.45. The highest BCUT2D eigenvalue weighted by Crippen LogP contribution is 2.18. The van der Waals surface area contributed by atoms with Gasteiger partial charge in [0.1, 0.15) is 0 Å². The number of carbonyl (C=O) groups is 1. The van der Waals surface area contributed by atoms with Crippen LogP contribution >= 0.6 is 0 Å². The van der Waals surface area contributed by atoms with E-state index in [1.807, 2.05) is 78.9 Å². The highest BCUT2D eigenvalue weighted by atomic mass is 16.1. The second-order valence-corrected chi connectivity index (χ2v) is 7.92. The van der Waals surface area contributed by atoms with Gasteiger partial charge in [-0.1, -0.05) is 18.2 Å². The van der Waals surface area contributed by atoms with Crippen LogP contribution in [0.2, 0.25) is 0 Å². The van der Waals surface area contributed by atoms with Crippen LogP contribution in [0, 0.1) is 0 Å². The first kappa shape index (κ1) is 19.0. The molecule has 0 aliphatic carbocycles. The number of allylic oxidation sites excluding steroid dienone is 5. The Morgan fingerprint density at radius 3 is 2.39 bits per heavy atom. The second-order valence-electron chi connectivity index (χ2n) is 7.92. The van der Waals surface area contributed by atoms with Gasteiger partial charge >= 0.3 is 0 Å². The van der Waals surface area contributed by atoms with Crippen molar-refractivity contribution in [2.24, 2.45) is 9.98 Å². The van der Waals surface area contributed by atoms with Crippen molar-refractivity contribution in [3.63, 3.8) is 0 Å². The van der Waals surface area contributed by atoms with E-state index in [0.29, 0.717) is 11.3 Å². The minimum Gasteiger partial charge on any atom is -0.355 e. The minimum atomic E-state index is -0.287. The van der Waals surface area contributed by atoms with Crippen LogP contribution in [-0.4, -0.2) is 27.3 Å². The predicted molar refractivity (Wildman–Crippen MR) is 131 cm³/mol. The maximum atomic E-state index is 12.7. The Morgan fingerprint density at radius 2 is 1.55 bits per heavy atom. The molecule has 6 heteroatoms. The number of aromatic nitrogens is 2. The normalized spacial score (nSPS) is 17.4. The lowest BCUT2D eigenvalue weighted by atomic mass is 10.2. The number of nitrogens with zero attached hydrogens (tertiary/aromatic N) is 2. The zero-order valence-electron chi connectivity index (χ0n) is 17.5. The van der Waals surface area contributed by atoms with Crippen LogP contribution in [-0.2, 0) is 0 Å². The van der Waals surface area contributed by atoms with Crippen LogP contribution in [0.5, 0.6) is 0 Å². The molecular weight excluding hydrogens is 410 g/mol. The van der Waals surface area contributed by atoms with E-state index in [1.165, 1.54) is 0 Å². The smallest absolute Gasteiger partial charge is 0.277 e. The van der Waals surface area contributed by atoms with Crippen molar-refractivity contribution in [3.8, 4) is 0 Å². The summed E-state index contributed by atoms with van der Waals surface area (Å²) in [5, 5.41) is 5.30. The fourth-order valence-corrected chi connectivity index (χ4v) is 3.91. The number of amides is 1. The number of rotatable bonds is 1. The maximum absolute atomic E-state index is 12.7. The van der Waals surface area contributed by atoms with Gasteiger partial charge in [-0.25, -0.2) is 9.98 Å². The number of hydrogen-bond donors (Lipinski definition) is 3. The van der Waals surface area contributed by atoms with Crippen molar-refractivity contribution in [1.29, 1.82) is 0 Å². The van der Waals surface area contributed by atoms with Crippen LogP contribution in [0.4, 0.5) is 0 Å². The number of hydrogen-bond acceptors (Lipinski definition) is 3. The number of nitrogens with one attached hydrogen (secondary N) is 3. The van der Waals surface area contributed by atoms with Crippen LogP contribution in [0.15, 0.2) is 106 Å². The molecule has 0 saturated carbocycles. The third-order valence-electron chi connectivity index (χ3n) is 5.45. The molecule has 6 rings (SSSR count). The van der Waals surface area contributed by atoms with E-state index in [4.69, 9.17) is 4.99 Å². The molecule has 5 heterocycles. The topological polar surface area (TPSA) is 85.4 Å². The Kier molecular flexibility index (Phi) is 4.47. The molecule has 2 aromatic heterocycles. The van der Waals surface area contributed by atoms with Gasteiger partial charge in [0.25, 0.3) is 5.91 Å². The maximum Gasteiger partial charge on any atom is 0.277 e. The Morgan fingerprint density at radius 1 is 0.758 bits per heavy atom. The molecule has 0 unspecified atom stereocenters. The van der Waals surface area contributed by atoms with E-state index in [2.05, 4.69) is 26.4 Å². The Balaban J connectivity index is 1.49. The zero-order valence-corrected chi connectivity index (χ0v) is 17.5. The fraction of sp³-hybridized carbons (Fsp3) is 0. The van der Waals surface area contributed by atoms with E-state index < -0.39 is 0 Å². The van der Waals surface area contributed by atoms with Crippen molar-refractivity contribution in [2.45, 2.75) is 0 Å². The molecule has 1 aromatic carbocycles. The lowest BCUT2D eigenvalue weighted by Crippen LogP contribution is -2.14. The van der Waals surface area contributed by atoms with Gasteiger partial charge in [0.05, 0.1) is 22.8 Å². The minimum absolute atomic E-state index is 0.287. The summed E-state index contributed by atoms with van der Waals surface area (Å²) in [4.78, 5) is 28.6. The first-order valence-electron chi connectivity index (χ1n) is 10.6. The summed E-state index contributed by atoms with van der Waals surface area (Å²) in [6, 6.07) is 17.2. The van der Waals surface area contributed by atoms with Gasteiger partial charge in [0.15, 0.2) is 0 Å². The summed E-state index contributed by atoms with van der Waals surface area (Å²) >= 11 is 0. The highest BCUT2D eigenvalue weighted by Gasteiger charge is 2.18. The van der Waals surface area contributed by atoms with Crippen LogP contribution < -0.4 is 16.0 Å². The highest BCUT2D eigenvalue weighted by molar-refractivity contribution is 6.21. The number of aromatic amines is 2. The van der Waals surface area contributed by atoms with Crippen molar-refractivity contribution < 1.29 is 4.79 Å². The van der Waals surface area contributed by atoms with Crippen molar-refractivity contribution in [2.75, 3.05) is 0 Å². The van der Waals surface area contributed by atoms with Crippen molar-refractivity contribution >= 4 is 35.6 Å². The molecule has 3 aliphatic heterocycles. The first-order chi connectivity index (χ1) is 16.2. The molecule has 158 valence electrons. The molecule has 3 aromatic rings. The molecule has 1 amide bonds. The van der Waals surface area contributed by atoms with E-state index in [1.54, 1.807) is 12.1 Å². The SMILES string of the molecule is O=C(N=C1C=C2C=c3ccc([nH]3)=Cc3ccc([nH]3)C=C3C=CC(=N3)C=C1N2)c1ccccc1. The monoisotopic (exact) mass is 429 g/mol. The van der Waals surface area contributed by atoms with Gasteiger partial charge in [-0.3, -0.25) is 4.79 Å². The predicted octanol–water partition coefficient (Wildman–Crippen LogP) is 2.97. The van der Waals surface area contributed by atoms with E-state index in [9.17, 15) is 4.79 Å². The lowest BCUT2D eigenvalue weighted by Gasteiger charge is -2.03. The van der Waals surface area contributed by atoms with Gasteiger partial charge in [0, 0.05) is 33.3 Å². The standard InChI is InChI=1S/C27H19N5O/c33-27(17-4-2-1-3-5-17)32-26-16-24-14-22-9-8-20(29-22)12-18-6-7-19(28-18)13-21-10-11-23(30-21)15-25(26)31-24/h1-16,28-29,31H. The molecule has 0 radical (unpaired) electrons. The molecule has 3 aliphatic rings. The first-order valence-corrected chi connectivity index (χ1v) is 10.6. The number of H-pyrrole nitrogens is 2. The molecule has 3 N–H and O–H groups in total. The Hall–Kier alpha value is -4.71. The molecule has 0 fully saturated rings. The number of carbonyl (C=O) groups excluding carboxylic acids is 1. The summed E-state index contributed by atoms with van der Waals surface area (Å²) < 4.78 is 0. The molecule has 0 atom stereocenters.